The Labute approximate surface area is 92.8 Å². The molecular formula is C12H11NO3. The molecule has 0 N–H and O–H groups in total. The second-order valence-corrected chi connectivity index (χ2v) is 3.37. The third-order valence-electron chi connectivity index (χ3n) is 2.23. The van der Waals surface area contributed by atoms with E-state index in [9.17, 15) is 4.79 Å². The van der Waals surface area contributed by atoms with E-state index >= 15 is 0 Å². The summed E-state index contributed by atoms with van der Waals surface area (Å²) in [6.45, 7) is 1.83. The number of rotatable bonds is 2. The van der Waals surface area contributed by atoms with Gasteiger partial charge in [0.25, 0.3) is 0 Å². The summed E-state index contributed by atoms with van der Waals surface area (Å²) in [4.78, 5) is 11.5. The summed E-state index contributed by atoms with van der Waals surface area (Å²) in [5.41, 5.74) is 1.94. The molecule has 0 saturated carbocycles. The number of aromatic nitrogens is 1. The molecule has 0 atom stereocenters. The maximum atomic E-state index is 11.5. The lowest BCUT2D eigenvalue weighted by Gasteiger charge is -2.03. The second-order valence-electron chi connectivity index (χ2n) is 3.37. The standard InChI is InChI=1S/C12H11NO3/c1-8-7-11(16-13-8)9-5-3-4-6-10(9)12(14)15-2/h3-7H,1-2H3. The van der Waals surface area contributed by atoms with Crippen molar-refractivity contribution in [3.8, 4) is 11.3 Å². The first-order valence-electron chi connectivity index (χ1n) is 4.83. The lowest BCUT2D eigenvalue weighted by Crippen LogP contribution is -2.02. The summed E-state index contributed by atoms with van der Waals surface area (Å²) < 4.78 is 9.83. The third-order valence-corrected chi connectivity index (χ3v) is 2.23. The van der Waals surface area contributed by atoms with Gasteiger partial charge < -0.3 is 9.26 Å². The van der Waals surface area contributed by atoms with Gasteiger partial charge in [0.2, 0.25) is 0 Å². The van der Waals surface area contributed by atoms with Crippen LogP contribution >= 0.6 is 0 Å². The van der Waals surface area contributed by atoms with Crippen LogP contribution in [0.2, 0.25) is 0 Å². The quantitative estimate of drug-likeness (QED) is 0.725. The van der Waals surface area contributed by atoms with E-state index in [-0.39, 0.29) is 5.97 Å². The fourth-order valence-corrected chi connectivity index (χ4v) is 1.48. The summed E-state index contributed by atoms with van der Waals surface area (Å²) in [5, 5.41) is 3.79. The predicted molar refractivity (Wildman–Crippen MR) is 58.0 cm³/mol. The zero-order valence-corrected chi connectivity index (χ0v) is 9.06. The molecule has 1 heterocycles. The molecule has 0 amide bonds. The van der Waals surface area contributed by atoms with Crippen LogP contribution < -0.4 is 0 Å². The molecule has 1 aromatic heterocycles. The van der Waals surface area contributed by atoms with E-state index in [0.717, 1.165) is 5.69 Å². The van der Waals surface area contributed by atoms with Gasteiger partial charge in [0.05, 0.1) is 18.4 Å². The molecule has 0 aliphatic heterocycles. The SMILES string of the molecule is COC(=O)c1ccccc1-c1cc(C)no1. The Bertz CT molecular complexity index is 516. The molecule has 4 heteroatoms. The maximum absolute atomic E-state index is 11.5. The van der Waals surface area contributed by atoms with Gasteiger partial charge in [-0.3, -0.25) is 0 Å². The first-order chi connectivity index (χ1) is 7.72. The van der Waals surface area contributed by atoms with E-state index in [1.165, 1.54) is 7.11 Å². The topological polar surface area (TPSA) is 52.3 Å². The molecule has 0 aliphatic carbocycles. The van der Waals surface area contributed by atoms with Crippen LogP contribution in [-0.4, -0.2) is 18.2 Å². The smallest absolute Gasteiger partial charge is 0.338 e. The van der Waals surface area contributed by atoms with Gasteiger partial charge in [-0.1, -0.05) is 23.4 Å². The first kappa shape index (κ1) is 10.4. The molecule has 0 unspecified atom stereocenters. The molecule has 2 aromatic rings. The zero-order valence-electron chi connectivity index (χ0n) is 9.06. The number of nitrogens with zero attached hydrogens (tertiary/aromatic N) is 1. The van der Waals surface area contributed by atoms with Crippen molar-refractivity contribution in [1.82, 2.24) is 5.16 Å². The number of esters is 1. The van der Waals surface area contributed by atoms with E-state index in [1.54, 1.807) is 24.3 Å². The highest BCUT2D eigenvalue weighted by Crippen LogP contribution is 2.24. The molecule has 0 bridgehead atoms. The van der Waals surface area contributed by atoms with Crippen molar-refractivity contribution < 1.29 is 14.1 Å². The average molecular weight is 217 g/mol. The van der Waals surface area contributed by atoms with Crippen LogP contribution in [0.1, 0.15) is 16.1 Å². The summed E-state index contributed by atoms with van der Waals surface area (Å²) >= 11 is 0. The Balaban J connectivity index is 2.52. The maximum Gasteiger partial charge on any atom is 0.338 e. The largest absolute Gasteiger partial charge is 0.465 e. The Hall–Kier alpha value is -2.10. The van der Waals surface area contributed by atoms with Crippen molar-refractivity contribution in [3.63, 3.8) is 0 Å². The van der Waals surface area contributed by atoms with Crippen LogP contribution in [0.5, 0.6) is 0 Å². The molecular weight excluding hydrogens is 206 g/mol. The normalized spacial score (nSPS) is 10.1. The molecule has 16 heavy (non-hydrogen) atoms. The molecule has 2 rings (SSSR count). The number of hydrogen-bond donors (Lipinski definition) is 0. The predicted octanol–water partition coefficient (Wildman–Crippen LogP) is 2.44. The van der Waals surface area contributed by atoms with Crippen LogP contribution in [0.15, 0.2) is 34.9 Å². The van der Waals surface area contributed by atoms with E-state index in [4.69, 9.17) is 9.26 Å². The van der Waals surface area contributed by atoms with Crippen molar-refractivity contribution in [2.45, 2.75) is 6.92 Å². The number of ether oxygens (including phenoxy) is 1. The van der Waals surface area contributed by atoms with Gasteiger partial charge in [-0.2, -0.15) is 0 Å². The molecule has 0 aliphatic rings. The van der Waals surface area contributed by atoms with Crippen LogP contribution in [0.4, 0.5) is 0 Å². The van der Waals surface area contributed by atoms with E-state index in [2.05, 4.69) is 5.16 Å². The Morgan fingerprint density at radius 1 is 1.38 bits per heavy atom. The summed E-state index contributed by atoms with van der Waals surface area (Å²) in [6.07, 6.45) is 0. The Kier molecular flexibility index (Phi) is 2.72. The number of methoxy groups -OCH3 is 1. The number of benzene rings is 1. The second kappa shape index (κ2) is 4.18. The van der Waals surface area contributed by atoms with Gasteiger partial charge in [-0.05, 0) is 13.0 Å². The highest BCUT2D eigenvalue weighted by atomic mass is 16.5. The van der Waals surface area contributed by atoms with Crippen LogP contribution in [0.3, 0.4) is 0 Å². The molecule has 0 radical (unpaired) electrons. The monoisotopic (exact) mass is 217 g/mol. The third kappa shape index (κ3) is 1.82. The zero-order chi connectivity index (χ0) is 11.5. The summed E-state index contributed by atoms with van der Waals surface area (Å²) in [5.74, 6) is 0.183. The van der Waals surface area contributed by atoms with Crippen molar-refractivity contribution in [2.24, 2.45) is 0 Å². The minimum Gasteiger partial charge on any atom is -0.465 e. The lowest BCUT2D eigenvalue weighted by atomic mass is 10.1. The molecule has 0 spiro atoms. The van der Waals surface area contributed by atoms with Gasteiger partial charge in [0.1, 0.15) is 0 Å². The van der Waals surface area contributed by atoms with E-state index < -0.39 is 0 Å². The fraction of sp³-hybridized carbons (Fsp3) is 0.167. The van der Waals surface area contributed by atoms with E-state index in [0.29, 0.717) is 16.9 Å². The summed E-state index contributed by atoms with van der Waals surface area (Å²) in [6, 6.07) is 8.88. The number of carbonyl (C=O) groups excluding carboxylic acids is 1. The van der Waals surface area contributed by atoms with Crippen LogP contribution in [0, 0.1) is 6.92 Å². The van der Waals surface area contributed by atoms with Crippen LogP contribution in [0.25, 0.3) is 11.3 Å². The fourth-order valence-electron chi connectivity index (χ4n) is 1.48. The molecule has 1 aromatic carbocycles. The van der Waals surface area contributed by atoms with Crippen molar-refractivity contribution in [3.05, 3.63) is 41.6 Å². The minimum absolute atomic E-state index is 0.385. The molecule has 0 saturated heterocycles. The molecule has 82 valence electrons. The molecule has 4 nitrogen and oxygen atoms in total. The lowest BCUT2D eigenvalue weighted by molar-refractivity contribution is 0.0601. The highest BCUT2D eigenvalue weighted by molar-refractivity contribution is 5.96. The average Bonchev–Trinajstić information content (AvgIpc) is 2.75. The number of hydrogen-bond acceptors (Lipinski definition) is 4. The number of carbonyl (C=O) groups is 1. The first-order valence-corrected chi connectivity index (χ1v) is 4.83. The van der Waals surface area contributed by atoms with Gasteiger partial charge in [0.15, 0.2) is 5.76 Å². The van der Waals surface area contributed by atoms with Gasteiger partial charge in [-0.25, -0.2) is 4.79 Å². The Morgan fingerprint density at radius 2 is 2.12 bits per heavy atom. The highest BCUT2D eigenvalue weighted by Gasteiger charge is 2.15. The van der Waals surface area contributed by atoms with Gasteiger partial charge >= 0.3 is 5.97 Å². The molecule has 0 fully saturated rings. The summed E-state index contributed by atoms with van der Waals surface area (Å²) in [7, 11) is 1.35. The minimum atomic E-state index is -0.385. The number of aryl methyl sites for hydroxylation is 1. The Morgan fingerprint density at radius 3 is 2.75 bits per heavy atom. The van der Waals surface area contributed by atoms with Crippen molar-refractivity contribution >= 4 is 5.97 Å². The van der Waals surface area contributed by atoms with Gasteiger partial charge in [-0.15, -0.1) is 0 Å². The van der Waals surface area contributed by atoms with Crippen LogP contribution in [-0.2, 0) is 4.74 Å². The van der Waals surface area contributed by atoms with Gasteiger partial charge in [0, 0.05) is 11.6 Å². The van der Waals surface area contributed by atoms with Crippen molar-refractivity contribution in [1.29, 1.82) is 0 Å². The van der Waals surface area contributed by atoms with E-state index in [1.807, 2.05) is 13.0 Å². The van der Waals surface area contributed by atoms with Crippen molar-refractivity contribution in [2.75, 3.05) is 7.11 Å².